The van der Waals surface area contributed by atoms with Crippen LogP contribution in [0.15, 0.2) is 0 Å². The van der Waals surface area contributed by atoms with Crippen LogP contribution in [0.1, 0.15) is 38.5 Å². The topological polar surface area (TPSA) is 51.4 Å². The van der Waals surface area contributed by atoms with Gasteiger partial charge in [-0.05, 0) is 44.4 Å². The molecule has 2 saturated carbocycles. The summed E-state index contributed by atoms with van der Waals surface area (Å²) >= 11 is 0. The minimum atomic E-state index is 0.00258. The van der Waals surface area contributed by atoms with Gasteiger partial charge in [0.05, 0.1) is 36.9 Å². The lowest BCUT2D eigenvalue weighted by atomic mass is 9.89. The van der Waals surface area contributed by atoms with Gasteiger partial charge in [0.25, 0.3) is 0 Å². The molecule has 100 valence electrons. The van der Waals surface area contributed by atoms with Crippen LogP contribution in [0, 0.1) is 11.8 Å². The first-order chi connectivity index (χ1) is 8.79. The van der Waals surface area contributed by atoms with Crippen molar-refractivity contribution in [1.82, 2.24) is 0 Å². The number of ether oxygens (including phenoxy) is 3. The molecule has 18 heavy (non-hydrogen) atoms. The van der Waals surface area contributed by atoms with E-state index in [1.54, 1.807) is 0 Å². The number of epoxide rings is 2. The maximum absolute atomic E-state index is 12.0. The Labute approximate surface area is 107 Å². The van der Waals surface area contributed by atoms with Crippen LogP contribution in [0.2, 0.25) is 0 Å². The molecule has 0 spiro atoms. The van der Waals surface area contributed by atoms with E-state index < -0.39 is 0 Å². The van der Waals surface area contributed by atoms with Gasteiger partial charge in [-0.2, -0.15) is 0 Å². The fourth-order valence-corrected chi connectivity index (χ4v) is 3.57. The summed E-state index contributed by atoms with van der Waals surface area (Å²) in [4.78, 5) is 12.0. The second-order valence-electron chi connectivity index (χ2n) is 6.25. The first kappa shape index (κ1) is 11.2. The molecule has 2 aliphatic heterocycles. The van der Waals surface area contributed by atoms with Gasteiger partial charge in [0.15, 0.2) is 0 Å². The number of carbonyl (C=O) groups is 1. The van der Waals surface area contributed by atoms with Crippen molar-refractivity contribution in [2.24, 2.45) is 11.8 Å². The average molecular weight is 252 g/mol. The molecule has 2 saturated heterocycles. The van der Waals surface area contributed by atoms with Crippen LogP contribution in [-0.2, 0) is 19.0 Å². The van der Waals surface area contributed by atoms with Crippen molar-refractivity contribution < 1.29 is 19.0 Å². The molecule has 4 nitrogen and oxygen atoms in total. The predicted octanol–water partition coefficient (Wildman–Crippen LogP) is 1.66. The lowest BCUT2D eigenvalue weighted by Crippen LogP contribution is -2.27. The van der Waals surface area contributed by atoms with E-state index in [-0.39, 0.29) is 11.9 Å². The van der Waals surface area contributed by atoms with Crippen LogP contribution in [0.3, 0.4) is 0 Å². The molecule has 0 aromatic carbocycles. The van der Waals surface area contributed by atoms with Gasteiger partial charge < -0.3 is 14.2 Å². The third kappa shape index (κ3) is 2.16. The molecular weight excluding hydrogens is 232 g/mol. The molecule has 6 atom stereocenters. The monoisotopic (exact) mass is 252 g/mol. The Bertz CT molecular complexity index is 356. The maximum Gasteiger partial charge on any atom is 0.309 e. The van der Waals surface area contributed by atoms with E-state index in [2.05, 4.69) is 0 Å². The Hall–Kier alpha value is -0.610. The summed E-state index contributed by atoms with van der Waals surface area (Å²) in [7, 11) is 0. The summed E-state index contributed by atoms with van der Waals surface area (Å²) in [5.74, 6) is 0.608. The lowest BCUT2D eigenvalue weighted by Gasteiger charge is -2.21. The van der Waals surface area contributed by atoms with Crippen molar-refractivity contribution in [3.8, 4) is 0 Å². The molecule has 0 bridgehead atoms. The second-order valence-corrected chi connectivity index (χ2v) is 6.25. The molecule has 4 rings (SSSR count). The molecule has 0 aromatic rings. The zero-order chi connectivity index (χ0) is 12.1. The van der Waals surface area contributed by atoms with Gasteiger partial charge in [-0.25, -0.2) is 0 Å². The molecule has 0 radical (unpaired) electrons. The first-order valence-electron chi connectivity index (χ1n) is 7.27. The smallest absolute Gasteiger partial charge is 0.309 e. The summed E-state index contributed by atoms with van der Waals surface area (Å²) < 4.78 is 16.4. The fraction of sp³-hybridized carbons (Fsp3) is 0.929. The van der Waals surface area contributed by atoms with Crippen LogP contribution in [-0.4, -0.2) is 37.0 Å². The van der Waals surface area contributed by atoms with Crippen molar-refractivity contribution in [2.45, 2.75) is 62.9 Å². The molecule has 0 N–H and O–H groups in total. The SMILES string of the molecule is O=C(OC[C@@H]1CC[C@@H]2O[C@@H]2C1)[C@@H]1CC[C@@H]2O[C@@H]2C1. The number of esters is 1. The Balaban J connectivity index is 1.23. The third-order valence-corrected chi connectivity index (χ3v) is 4.91. The van der Waals surface area contributed by atoms with Crippen molar-refractivity contribution >= 4 is 5.97 Å². The van der Waals surface area contributed by atoms with Gasteiger partial charge in [-0.3, -0.25) is 4.79 Å². The molecule has 2 aliphatic carbocycles. The first-order valence-corrected chi connectivity index (χ1v) is 7.27. The summed E-state index contributed by atoms with van der Waals surface area (Å²) in [5, 5.41) is 0. The summed E-state index contributed by atoms with van der Waals surface area (Å²) in [6, 6.07) is 0. The van der Waals surface area contributed by atoms with Gasteiger partial charge in [0.1, 0.15) is 0 Å². The van der Waals surface area contributed by atoms with Crippen LogP contribution >= 0.6 is 0 Å². The molecular formula is C14H20O4. The molecule has 0 unspecified atom stereocenters. The van der Waals surface area contributed by atoms with Crippen molar-refractivity contribution in [1.29, 1.82) is 0 Å². The third-order valence-electron chi connectivity index (χ3n) is 4.91. The quantitative estimate of drug-likeness (QED) is 0.566. The molecule has 0 amide bonds. The van der Waals surface area contributed by atoms with Crippen molar-refractivity contribution in [3.63, 3.8) is 0 Å². The summed E-state index contributed by atoms with van der Waals surface area (Å²) in [5.41, 5.74) is 0. The number of hydrogen-bond donors (Lipinski definition) is 0. The van der Waals surface area contributed by atoms with Gasteiger partial charge in [-0.15, -0.1) is 0 Å². The summed E-state index contributed by atoms with van der Waals surface area (Å²) in [6.07, 6.45) is 8.03. The van der Waals surface area contributed by atoms with Gasteiger partial charge >= 0.3 is 5.97 Å². The highest BCUT2D eigenvalue weighted by molar-refractivity contribution is 5.72. The van der Waals surface area contributed by atoms with Crippen LogP contribution in [0.4, 0.5) is 0 Å². The van der Waals surface area contributed by atoms with Crippen molar-refractivity contribution in [2.75, 3.05) is 6.61 Å². The minimum Gasteiger partial charge on any atom is -0.465 e. The molecule has 4 fully saturated rings. The average Bonchev–Trinajstić information content (AvgIpc) is 3.26. The minimum absolute atomic E-state index is 0.00258. The van der Waals surface area contributed by atoms with E-state index in [1.165, 1.54) is 0 Å². The number of rotatable bonds is 3. The van der Waals surface area contributed by atoms with E-state index in [1.807, 2.05) is 0 Å². The highest BCUT2D eigenvalue weighted by Crippen LogP contribution is 2.41. The van der Waals surface area contributed by atoms with E-state index >= 15 is 0 Å². The van der Waals surface area contributed by atoms with E-state index in [0.717, 1.165) is 38.5 Å². The Morgan fingerprint density at radius 2 is 1.67 bits per heavy atom. The number of hydrogen-bond acceptors (Lipinski definition) is 4. The van der Waals surface area contributed by atoms with Crippen LogP contribution in [0.5, 0.6) is 0 Å². The number of carbonyl (C=O) groups excluding carboxylic acids is 1. The highest BCUT2D eigenvalue weighted by Gasteiger charge is 2.47. The van der Waals surface area contributed by atoms with E-state index in [0.29, 0.717) is 36.9 Å². The largest absolute Gasteiger partial charge is 0.465 e. The molecule has 4 heteroatoms. The Morgan fingerprint density at radius 1 is 0.944 bits per heavy atom. The Kier molecular flexibility index (Phi) is 2.62. The fourth-order valence-electron chi connectivity index (χ4n) is 3.57. The second kappa shape index (κ2) is 4.20. The van der Waals surface area contributed by atoms with Crippen LogP contribution in [0.25, 0.3) is 0 Å². The number of fused-ring (bicyclic) bond motifs is 2. The zero-order valence-electron chi connectivity index (χ0n) is 10.5. The molecule has 2 heterocycles. The predicted molar refractivity (Wildman–Crippen MR) is 63.0 cm³/mol. The molecule has 0 aromatic heterocycles. The maximum atomic E-state index is 12.0. The van der Waals surface area contributed by atoms with Crippen molar-refractivity contribution in [3.05, 3.63) is 0 Å². The van der Waals surface area contributed by atoms with E-state index in [4.69, 9.17) is 14.2 Å². The standard InChI is InChI=1S/C14H20O4/c15-14(9-2-4-11-13(6-9)18-11)16-7-8-1-3-10-12(5-8)17-10/h8-13H,1-7H2/t8-,9-,10+,11+,12-,13-/m1/s1. The van der Waals surface area contributed by atoms with Gasteiger partial charge in [0, 0.05) is 0 Å². The molecule has 4 aliphatic rings. The van der Waals surface area contributed by atoms with Gasteiger partial charge in [0.2, 0.25) is 0 Å². The lowest BCUT2D eigenvalue weighted by molar-refractivity contribution is -0.151. The van der Waals surface area contributed by atoms with Crippen LogP contribution < -0.4 is 0 Å². The zero-order valence-corrected chi connectivity index (χ0v) is 10.5. The summed E-state index contributed by atoms with van der Waals surface area (Å²) in [6.45, 7) is 0.594. The highest BCUT2D eigenvalue weighted by atomic mass is 16.6. The van der Waals surface area contributed by atoms with E-state index in [9.17, 15) is 4.79 Å². The normalized spacial score (nSPS) is 48.9. The Morgan fingerprint density at radius 3 is 2.39 bits per heavy atom. The van der Waals surface area contributed by atoms with Gasteiger partial charge in [-0.1, -0.05) is 0 Å².